The van der Waals surface area contributed by atoms with Crippen LogP contribution in [0, 0.1) is 11.8 Å². The van der Waals surface area contributed by atoms with Crippen LogP contribution in [0.25, 0.3) is 0 Å². The van der Waals surface area contributed by atoms with Crippen molar-refractivity contribution in [1.29, 1.82) is 0 Å². The SMILES string of the molecule is COC(=O)c1ccc(C#Cc2ccc([C@H]3O[C@H](CO)[C@@H](O)[C@H](O)[C@@H]3O)cc2)cc1.COC(=O)c1ccc(CCc2ccc([C@H]3O[C@H](CO)[C@@H](O)[C@H](O)[C@@H]3O)cc2)cc1. The molecule has 0 aromatic heterocycles. The van der Waals surface area contributed by atoms with Gasteiger partial charge < -0.3 is 59.8 Å². The van der Waals surface area contributed by atoms with Gasteiger partial charge in [-0.3, -0.25) is 0 Å². The zero-order chi connectivity index (χ0) is 41.9. The molecule has 0 amide bonds. The van der Waals surface area contributed by atoms with Crippen molar-refractivity contribution < 1.29 is 69.4 Å². The van der Waals surface area contributed by atoms with Gasteiger partial charge in [0.2, 0.25) is 0 Å². The van der Waals surface area contributed by atoms with Crippen molar-refractivity contribution in [3.8, 4) is 11.8 Å². The highest BCUT2D eigenvalue weighted by atomic mass is 16.6. The van der Waals surface area contributed by atoms with Crippen LogP contribution in [0.15, 0.2) is 97.1 Å². The second-order valence-corrected chi connectivity index (χ2v) is 13.9. The van der Waals surface area contributed by atoms with E-state index in [9.17, 15) is 50.4 Å². The molecule has 2 saturated heterocycles. The second-order valence-electron chi connectivity index (χ2n) is 13.9. The Morgan fingerprint density at radius 2 is 0.828 bits per heavy atom. The maximum Gasteiger partial charge on any atom is 0.337 e. The number of carbonyl (C=O) groups excluding carboxylic acids is 2. The smallest absolute Gasteiger partial charge is 0.337 e. The Labute approximate surface area is 335 Å². The Balaban J connectivity index is 0.000000221. The summed E-state index contributed by atoms with van der Waals surface area (Å²) in [6.45, 7) is -0.923. The van der Waals surface area contributed by atoms with E-state index in [4.69, 9.17) is 14.2 Å². The summed E-state index contributed by atoms with van der Waals surface area (Å²) in [7, 11) is 2.67. The molecule has 308 valence electrons. The fourth-order valence-corrected chi connectivity index (χ4v) is 6.55. The van der Waals surface area contributed by atoms with Crippen molar-refractivity contribution in [3.63, 3.8) is 0 Å². The van der Waals surface area contributed by atoms with E-state index in [2.05, 4.69) is 16.6 Å². The predicted molar refractivity (Wildman–Crippen MR) is 207 cm³/mol. The lowest BCUT2D eigenvalue weighted by Gasteiger charge is -2.40. The Morgan fingerprint density at radius 3 is 1.19 bits per heavy atom. The van der Waals surface area contributed by atoms with Gasteiger partial charge in [-0.05, 0) is 83.6 Å². The number of esters is 2. The van der Waals surface area contributed by atoms with Crippen molar-refractivity contribution in [3.05, 3.63) is 142 Å². The summed E-state index contributed by atoms with van der Waals surface area (Å²) in [4.78, 5) is 22.9. The Hall–Kier alpha value is -5.02. The average Bonchev–Trinajstić information content (AvgIpc) is 3.26. The maximum atomic E-state index is 11.5. The van der Waals surface area contributed by atoms with Gasteiger partial charge in [0.05, 0.1) is 38.6 Å². The van der Waals surface area contributed by atoms with E-state index < -0.39 is 80.2 Å². The summed E-state index contributed by atoms with van der Waals surface area (Å²) in [6.07, 6.45) is -10.2. The molecule has 0 spiro atoms. The van der Waals surface area contributed by atoms with Crippen molar-refractivity contribution in [1.82, 2.24) is 0 Å². The summed E-state index contributed by atoms with van der Waals surface area (Å²) in [6, 6.07) is 28.3. The number of aliphatic hydroxyl groups excluding tert-OH is 8. The lowest BCUT2D eigenvalue weighted by atomic mass is 9.90. The van der Waals surface area contributed by atoms with Gasteiger partial charge in [0.15, 0.2) is 0 Å². The van der Waals surface area contributed by atoms with E-state index in [0.29, 0.717) is 22.3 Å². The summed E-state index contributed by atoms with van der Waals surface area (Å²) >= 11 is 0. The van der Waals surface area contributed by atoms with Crippen molar-refractivity contribution in [2.45, 2.75) is 73.9 Å². The number of hydrogen-bond acceptors (Lipinski definition) is 14. The third kappa shape index (κ3) is 10.7. The van der Waals surface area contributed by atoms with Crippen LogP contribution in [-0.4, -0.2) is 129 Å². The van der Waals surface area contributed by atoms with Gasteiger partial charge in [-0.2, -0.15) is 0 Å². The van der Waals surface area contributed by atoms with E-state index in [0.717, 1.165) is 35.1 Å². The molecule has 14 nitrogen and oxygen atoms in total. The van der Waals surface area contributed by atoms with Crippen LogP contribution in [0.1, 0.15) is 66.3 Å². The van der Waals surface area contributed by atoms with Crippen LogP contribution in [-0.2, 0) is 31.8 Å². The van der Waals surface area contributed by atoms with Crippen molar-refractivity contribution in [2.75, 3.05) is 27.4 Å². The van der Waals surface area contributed by atoms with Gasteiger partial charge in [-0.1, -0.05) is 60.4 Å². The standard InChI is InChI=1S/C22H26O7.C22H22O7/c2*1-28-22(27)16-10-6-14(7-11-16)3-2-13-4-8-15(9-5-13)21-20(26)19(25)18(24)17(12-23)29-21/h4-11,17-21,23-26H,2-3,12H2,1H3;4-11,17-21,23-26H,12H2,1H3/t2*17-,18-,19+,20+,21-/m11/s1. The van der Waals surface area contributed by atoms with Crippen LogP contribution < -0.4 is 0 Å². The zero-order valence-corrected chi connectivity index (χ0v) is 31.9. The van der Waals surface area contributed by atoms with Crippen LogP contribution in [0.4, 0.5) is 0 Å². The van der Waals surface area contributed by atoms with E-state index >= 15 is 0 Å². The summed E-state index contributed by atoms with van der Waals surface area (Å²) in [5.74, 6) is 5.23. The number of methoxy groups -OCH3 is 2. The number of aliphatic hydroxyl groups is 8. The van der Waals surface area contributed by atoms with E-state index in [1.165, 1.54) is 14.2 Å². The molecule has 2 fully saturated rings. The van der Waals surface area contributed by atoms with Crippen molar-refractivity contribution in [2.24, 2.45) is 0 Å². The highest BCUT2D eigenvalue weighted by Crippen LogP contribution is 2.34. The molecule has 2 heterocycles. The second kappa shape index (κ2) is 20.6. The Kier molecular flexibility index (Phi) is 15.7. The predicted octanol–water partition coefficient (Wildman–Crippen LogP) is 1.16. The molecule has 6 rings (SSSR count). The van der Waals surface area contributed by atoms with Crippen LogP contribution in [0.2, 0.25) is 0 Å². The first-order valence-electron chi connectivity index (χ1n) is 18.6. The van der Waals surface area contributed by atoms with Crippen LogP contribution in [0.5, 0.6) is 0 Å². The van der Waals surface area contributed by atoms with E-state index in [1.54, 1.807) is 60.7 Å². The number of ether oxygens (including phenoxy) is 4. The van der Waals surface area contributed by atoms with Gasteiger partial charge in [0, 0.05) is 11.1 Å². The van der Waals surface area contributed by atoms with Gasteiger partial charge in [0.1, 0.15) is 61.0 Å². The zero-order valence-electron chi connectivity index (χ0n) is 31.9. The maximum absolute atomic E-state index is 11.5. The molecule has 0 aliphatic carbocycles. The van der Waals surface area contributed by atoms with Gasteiger partial charge >= 0.3 is 11.9 Å². The molecule has 2 aliphatic heterocycles. The first-order valence-corrected chi connectivity index (χ1v) is 18.6. The fourth-order valence-electron chi connectivity index (χ4n) is 6.55. The first kappa shape index (κ1) is 44.1. The number of hydrogen-bond donors (Lipinski definition) is 8. The molecule has 14 heteroatoms. The Morgan fingerprint density at radius 1 is 0.500 bits per heavy atom. The molecule has 0 saturated carbocycles. The molecule has 4 aromatic carbocycles. The quantitative estimate of drug-likeness (QED) is 0.0878. The number of aryl methyl sites for hydroxylation is 2. The molecule has 58 heavy (non-hydrogen) atoms. The van der Waals surface area contributed by atoms with Crippen molar-refractivity contribution >= 4 is 11.9 Å². The molecule has 0 bridgehead atoms. The van der Waals surface area contributed by atoms with E-state index in [-0.39, 0.29) is 5.97 Å². The lowest BCUT2D eigenvalue weighted by molar-refractivity contribution is -0.231. The normalized spacial score (nSPS) is 26.6. The monoisotopic (exact) mass is 800 g/mol. The Bertz CT molecular complexity index is 1990. The summed E-state index contributed by atoms with van der Waals surface area (Å²) < 4.78 is 20.5. The minimum absolute atomic E-state index is 0.361. The highest BCUT2D eigenvalue weighted by Gasteiger charge is 2.45. The number of rotatable bonds is 9. The fraction of sp³-hybridized carbons (Fsp3) is 0.364. The minimum Gasteiger partial charge on any atom is -0.465 e. The van der Waals surface area contributed by atoms with Crippen LogP contribution >= 0.6 is 0 Å². The largest absolute Gasteiger partial charge is 0.465 e. The lowest BCUT2D eigenvalue weighted by Crippen LogP contribution is -2.55. The van der Waals surface area contributed by atoms with Gasteiger partial charge in [-0.15, -0.1) is 0 Å². The molecular weight excluding hydrogens is 752 g/mol. The van der Waals surface area contributed by atoms with Gasteiger partial charge in [0.25, 0.3) is 0 Å². The van der Waals surface area contributed by atoms with Crippen LogP contribution in [0.3, 0.4) is 0 Å². The van der Waals surface area contributed by atoms with E-state index in [1.807, 2.05) is 36.4 Å². The molecule has 0 unspecified atom stereocenters. The average molecular weight is 801 g/mol. The molecule has 10 atom stereocenters. The molecule has 0 radical (unpaired) electrons. The minimum atomic E-state index is -1.42. The number of benzene rings is 4. The third-order valence-corrected chi connectivity index (χ3v) is 10.1. The topological polar surface area (TPSA) is 233 Å². The first-order chi connectivity index (χ1) is 27.9. The summed E-state index contributed by atoms with van der Waals surface area (Å²) in [5, 5.41) is 78.6. The third-order valence-electron chi connectivity index (χ3n) is 10.1. The van der Waals surface area contributed by atoms with Gasteiger partial charge in [-0.25, -0.2) is 9.59 Å². The molecule has 2 aliphatic rings. The molecule has 4 aromatic rings. The number of carbonyl (C=O) groups is 2. The molecule has 8 N–H and O–H groups in total. The highest BCUT2D eigenvalue weighted by molar-refractivity contribution is 5.89. The summed E-state index contributed by atoms with van der Waals surface area (Å²) in [5.41, 5.74) is 5.84. The molecular formula is C44H48O14.